The van der Waals surface area contributed by atoms with Crippen LogP contribution in [-0.4, -0.2) is 22.3 Å². The second kappa shape index (κ2) is 6.23. The van der Waals surface area contributed by atoms with Crippen molar-refractivity contribution in [2.45, 2.75) is 0 Å². The Bertz CT molecular complexity index is 719. The average molecular weight is 309 g/mol. The summed E-state index contributed by atoms with van der Waals surface area (Å²) in [5.41, 5.74) is 2.20. The molecule has 0 bridgehead atoms. The van der Waals surface area contributed by atoms with E-state index in [-0.39, 0.29) is 27.6 Å². The molecular weight excluding hydrogens is 299 g/mol. The molecule has 0 aromatic heterocycles. The van der Waals surface area contributed by atoms with Gasteiger partial charge < -0.3 is 10.2 Å². The Kier molecular flexibility index (Phi) is 4.39. The van der Waals surface area contributed by atoms with Crippen LogP contribution in [0.15, 0.2) is 41.5 Å². The molecule has 0 spiro atoms. The number of phenols is 2. The van der Waals surface area contributed by atoms with Crippen LogP contribution in [0.4, 0.5) is 4.39 Å². The van der Waals surface area contributed by atoms with Crippen LogP contribution in [-0.2, 0) is 0 Å². The molecule has 7 heteroatoms. The van der Waals surface area contributed by atoms with Gasteiger partial charge in [-0.05, 0) is 24.3 Å². The maximum atomic E-state index is 13.1. The van der Waals surface area contributed by atoms with Gasteiger partial charge in [-0.15, -0.1) is 0 Å². The zero-order valence-electron chi connectivity index (χ0n) is 10.5. The fourth-order valence-electron chi connectivity index (χ4n) is 1.57. The third kappa shape index (κ3) is 3.49. The first-order chi connectivity index (χ1) is 9.99. The number of para-hydroxylation sites is 1. The summed E-state index contributed by atoms with van der Waals surface area (Å²) in [6.45, 7) is 0. The summed E-state index contributed by atoms with van der Waals surface area (Å²) in [6.07, 6.45) is 1.04. The number of amides is 1. The van der Waals surface area contributed by atoms with Gasteiger partial charge in [-0.1, -0.05) is 23.7 Å². The fourth-order valence-corrected chi connectivity index (χ4v) is 1.78. The van der Waals surface area contributed by atoms with Crippen LogP contribution in [0.5, 0.6) is 11.5 Å². The Labute approximate surface area is 124 Å². The van der Waals surface area contributed by atoms with Crippen LogP contribution in [0.1, 0.15) is 15.9 Å². The number of carbonyl (C=O) groups is 1. The molecule has 0 aliphatic heterocycles. The van der Waals surface area contributed by atoms with E-state index in [4.69, 9.17) is 11.6 Å². The molecule has 2 aromatic rings. The minimum atomic E-state index is -0.647. The van der Waals surface area contributed by atoms with Crippen molar-refractivity contribution in [1.29, 1.82) is 0 Å². The van der Waals surface area contributed by atoms with Crippen molar-refractivity contribution in [3.63, 3.8) is 0 Å². The number of halogens is 2. The molecule has 1 amide bonds. The third-order valence-electron chi connectivity index (χ3n) is 2.58. The first-order valence-electron chi connectivity index (χ1n) is 5.78. The number of phenolic OH excluding ortho intramolecular Hbond substituents is 2. The molecule has 0 aliphatic carbocycles. The predicted molar refractivity (Wildman–Crippen MR) is 76.2 cm³/mol. The molecule has 5 nitrogen and oxygen atoms in total. The van der Waals surface area contributed by atoms with Gasteiger partial charge in [-0.2, -0.15) is 5.10 Å². The Morgan fingerprint density at radius 2 is 2.00 bits per heavy atom. The number of aromatic hydroxyl groups is 2. The van der Waals surface area contributed by atoms with Crippen molar-refractivity contribution >= 4 is 23.7 Å². The third-order valence-corrected chi connectivity index (χ3v) is 2.86. The zero-order chi connectivity index (χ0) is 15.4. The van der Waals surface area contributed by atoms with Gasteiger partial charge in [0, 0.05) is 5.56 Å². The molecule has 0 saturated carbocycles. The summed E-state index contributed by atoms with van der Waals surface area (Å²) in [5.74, 6) is -1.84. The molecule has 0 atom stereocenters. The fraction of sp³-hybridized carbons (Fsp3) is 0. The SMILES string of the molecule is O=C(NN=Cc1cc(F)cc(Cl)c1O)c1ccccc1O. The lowest BCUT2D eigenvalue weighted by Crippen LogP contribution is -2.17. The quantitative estimate of drug-likeness (QED) is 0.602. The molecule has 0 heterocycles. The van der Waals surface area contributed by atoms with Crippen molar-refractivity contribution in [1.82, 2.24) is 5.43 Å². The lowest BCUT2D eigenvalue weighted by atomic mass is 10.2. The Morgan fingerprint density at radius 3 is 2.71 bits per heavy atom. The lowest BCUT2D eigenvalue weighted by molar-refractivity contribution is 0.0952. The lowest BCUT2D eigenvalue weighted by Gasteiger charge is -2.03. The van der Waals surface area contributed by atoms with E-state index in [0.29, 0.717) is 0 Å². The molecule has 108 valence electrons. The molecule has 0 fully saturated rings. The largest absolute Gasteiger partial charge is 0.507 e. The monoisotopic (exact) mass is 308 g/mol. The van der Waals surface area contributed by atoms with Gasteiger partial charge in [0.25, 0.3) is 5.91 Å². The van der Waals surface area contributed by atoms with Crippen molar-refractivity contribution in [3.8, 4) is 11.5 Å². The topological polar surface area (TPSA) is 81.9 Å². The molecule has 21 heavy (non-hydrogen) atoms. The summed E-state index contributed by atoms with van der Waals surface area (Å²) < 4.78 is 13.1. The number of hydrogen-bond donors (Lipinski definition) is 3. The van der Waals surface area contributed by atoms with E-state index in [9.17, 15) is 19.4 Å². The number of carbonyl (C=O) groups excluding carboxylic acids is 1. The van der Waals surface area contributed by atoms with Gasteiger partial charge in [-0.25, -0.2) is 9.82 Å². The number of nitrogens with zero attached hydrogens (tertiary/aromatic N) is 1. The van der Waals surface area contributed by atoms with Crippen LogP contribution < -0.4 is 5.43 Å². The maximum absolute atomic E-state index is 13.1. The molecule has 2 aromatic carbocycles. The second-order valence-corrected chi connectivity index (χ2v) is 4.45. The number of nitrogens with one attached hydrogen (secondary N) is 1. The molecule has 3 N–H and O–H groups in total. The summed E-state index contributed by atoms with van der Waals surface area (Å²) in [5, 5.41) is 22.5. The smallest absolute Gasteiger partial charge is 0.275 e. The molecule has 2 rings (SSSR count). The minimum Gasteiger partial charge on any atom is -0.507 e. The summed E-state index contributed by atoms with van der Waals surface area (Å²) in [7, 11) is 0. The van der Waals surface area contributed by atoms with E-state index in [2.05, 4.69) is 10.5 Å². The van der Waals surface area contributed by atoms with Crippen LogP contribution in [0, 0.1) is 5.82 Å². The van der Waals surface area contributed by atoms with E-state index >= 15 is 0 Å². The highest BCUT2D eigenvalue weighted by Gasteiger charge is 2.09. The molecule has 0 unspecified atom stereocenters. The van der Waals surface area contributed by atoms with Gasteiger partial charge in [0.15, 0.2) is 0 Å². The van der Waals surface area contributed by atoms with E-state index in [1.807, 2.05) is 0 Å². The zero-order valence-corrected chi connectivity index (χ0v) is 11.3. The highest BCUT2D eigenvalue weighted by molar-refractivity contribution is 6.32. The molecule has 0 aliphatic rings. The van der Waals surface area contributed by atoms with Gasteiger partial charge >= 0.3 is 0 Å². The second-order valence-electron chi connectivity index (χ2n) is 4.04. The van der Waals surface area contributed by atoms with E-state index in [1.165, 1.54) is 12.1 Å². The average Bonchev–Trinajstić information content (AvgIpc) is 2.44. The Hall–Kier alpha value is -2.60. The van der Waals surface area contributed by atoms with E-state index in [1.54, 1.807) is 12.1 Å². The van der Waals surface area contributed by atoms with Gasteiger partial charge in [0.05, 0.1) is 16.8 Å². The van der Waals surface area contributed by atoms with Crippen molar-refractivity contribution in [2.24, 2.45) is 5.10 Å². The first-order valence-corrected chi connectivity index (χ1v) is 6.16. The number of rotatable bonds is 3. The molecule has 0 radical (unpaired) electrons. The van der Waals surface area contributed by atoms with Crippen LogP contribution >= 0.6 is 11.6 Å². The normalized spacial score (nSPS) is 10.8. The molecule has 0 saturated heterocycles. The summed E-state index contributed by atoms with van der Waals surface area (Å²) in [4.78, 5) is 11.7. The van der Waals surface area contributed by atoms with Crippen LogP contribution in [0.25, 0.3) is 0 Å². The van der Waals surface area contributed by atoms with Gasteiger partial charge in [0.1, 0.15) is 17.3 Å². The highest BCUT2D eigenvalue weighted by Crippen LogP contribution is 2.27. The Morgan fingerprint density at radius 1 is 1.29 bits per heavy atom. The number of hydrogen-bond acceptors (Lipinski definition) is 4. The van der Waals surface area contributed by atoms with E-state index in [0.717, 1.165) is 18.3 Å². The van der Waals surface area contributed by atoms with Crippen molar-refractivity contribution in [2.75, 3.05) is 0 Å². The van der Waals surface area contributed by atoms with Crippen LogP contribution in [0.3, 0.4) is 0 Å². The molecular formula is C14H10ClFN2O3. The van der Waals surface area contributed by atoms with E-state index < -0.39 is 11.7 Å². The van der Waals surface area contributed by atoms with Gasteiger partial charge in [0.2, 0.25) is 0 Å². The highest BCUT2D eigenvalue weighted by atomic mass is 35.5. The van der Waals surface area contributed by atoms with Gasteiger partial charge in [-0.3, -0.25) is 4.79 Å². The summed E-state index contributed by atoms with van der Waals surface area (Å²) in [6, 6.07) is 7.89. The number of hydrazone groups is 1. The van der Waals surface area contributed by atoms with Crippen molar-refractivity contribution < 1.29 is 19.4 Å². The van der Waals surface area contributed by atoms with Crippen molar-refractivity contribution in [3.05, 3.63) is 58.4 Å². The predicted octanol–water partition coefficient (Wildman–Crippen LogP) is 2.65. The standard InChI is InChI=1S/C14H10ClFN2O3/c15-11-6-9(16)5-8(13(11)20)7-17-18-14(21)10-3-1-2-4-12(10)19/h1-7,19-20H,(H,18,21). The first kappa shape index (κ1) is 14.8. The van der Waals surface area contributed by atoms with Crippen LogP contribution in [0.2, 0.25) is 5.02 Å². The Balaban J connectivity index is 2.13. The summed E-state index contributed by atoms with van der Waals surface area (Å²) >= 11 is 5.61. The maximum Gasteiger partial charge on any atom is 0.275 e. The number of benzene rings is 2. The minimum absolute atomic E-state index is 0.0117.